The highest BCUT2D eigenvalue weighted by Gasteiger charge is 2.32. The van der Waals surface area contributed by atoms with Gasteiger partial charge in [0.1, 0.15) is 29.2 Å². The summed E-state index contributed by atoms with van der Waals surface area (Å²) < 4.78 is 46.6. The van der Waals surface area contributed by atoms with Crippen LogP contribution in [0.25, 0.3) is 33.4 Å². The SMILES string of the molecule is Cc1cc(C(F)(F)F)cnc1N1CCN(c2ncnc3c2c(-c2ccc4oc(N)nc4c2)nn3C(C)C)CC1. The van der Waals surface area contributed by atoms with Crippen molar-refractivity contribution in [3.63, 3.8) is 0 Å². The van der Waals surface area contributed by atoms with Crippen LogP contribution in [0.15, 0.2) is 41.2 Å². The van der Waals surface area contributed by atoms with Gasteiger partial charge in [-0.15, -0.1) is 0 Å². The van der Waals surface area contributed by atoms with Crippen LogP contribution in [0.4, 0.5) is 30.8 Å². The monoisotopic (exact) mass is 537 g/mol. The zero-order chi connectivity index (χ0) is 27.5. The number of nitrogen functional groups attached to an aromatic ring is 1. The molecular weight excluding hydrogens is 511 g/mol. The molecule has 0 unspecified atom stereocenters. The lowest BCUT2D eigenvalue weighted by atomic mass is 10.1. The van der Waals surface area contributed by atoms with E-state index in [9.17, 15) is 13.2 Å². The molecule has 0 spiro atoms. The molecule has 1 fully saturated rings. The molecule has 1 aliphatic heterocycles. The van der Waals surface area contributed by atoms with E-state index in [0.29, 0.717) is 54.3 Å². The summed E-state index contributed by atoms with van der Waals surface area (Å²) in [6, 6.07) is 6.91. The Morgan fingerprint density at radius 3 is 2.36 bits per heavy atom. The summed E-state index contributed by atoms with van der Waals surface area (Å²) in [4.78, 5) is 21.8. The van der Waals surface area contributed by atoms with E-state index in [4.69, 9.17) is 15.2 Å². The van der Waals surface area contributed by atoms with Gasteiger partial charge in [0.2, 0.25) is 0 Å². The Balaban J connectivity index is 1.35. The van der Waals surface area contributed by atoms with Gasteiger partial charge in [0.25, 0.3) is 6.01 Å². The molecule has 13 heteroatoms. The number of nitrogens with two attached hydrogens (primary N) is 1. The zero-order valence-corrected chi connectivity index (χ0v) is 21.6. The number of oxazole rings is 1. The Morgan fingerprint density at radius 2 is 1.69 bits per heavy atom. The average molecular weight is 538 g/mol. The molecule has 4 aromatic heterocycles. The lowest BCUT2D eigenvalue weighted by Crippen LogP contribution is -2.47. The van der Waals surface area contributed by atoms with E-state index < -0.39 is 11.7 Å². The first kappa shape index (κ1) is 24.9. The maximum absolute atomic E-state index is 13.1. The summed E-state index contributed by atoms with van der Waals surface area (Å²) in [6.45, 7) is 8.07. The summed E-state index contributed by atoms with van der Waals surface area (Å²) in [7, 11) is 0. The molecule has 0 radical (unpaired) electrons. The number of halogens is 3. The topological polar surface area (TPSA) is 115 Å². The number of aromatic nitrogens is 6. The van der Waals surface area contributed by atoms with Crippen LogP contribution in [0.2, 0.25) is 0 Å². The summed E-state index contributed by atoms with van der Waals surface area (Å²) >= 11 is 0. The summed E-state index contributed by atoms with van der Waals surface area (Å²) in [5, 5.41) is 5.73. The van der Waals surface area contributed by atoms with Gasteiger partial charge < -0.3 is 20.0 Å². The number of benzene rings is 1. The van der Waals surface area contributed by atoms with Crippen molar-refractivity contribution in [2.24, 2.45) is 0 Å². The number of hydrogen-bond donors (Lipinski definition) is 1. The third-order valence-corrected chi connectivity index (χ3v) is 6.89. The first-order valence-electron chi connectivity index (χ1n) is 12.5. The summed E-state index contributed by atoms with van der Waals surface area (Å²) in [5.41, 5.74) is 8.98. The Labute approximate surface area is 221 Å². The largest absolute Gasteiger partial charge is 0.424 e. The van der Waals surface area contributed by atoms with Gasteiger partial charge in [-0.1, -0.05) is 0 Å². The lowest BCUT2D eigenvalue weighted by molar-refractivity contribution is -0.137. The Bertz CT molecular complexity index is 1680. The van der Waals surface area contributed by atoms with Crippen LogP contribution in [0.5, 0.6) is 0 Å². The van der Waals surface area contributed by atoms with E-state index in [1.54, 1.807) is 6.92 Å². The van der Waals surface area contributed by atoms with Crippen LogP contribution >= 0.6 is 0 Å². The zero-order valence-electron chi connectivity index (χ0n) is 21.6. The third kappa shape index (κ3) is 4.37. The predicted molar refractivity (Wildman–Crippen MR) is 142 cm³/mol. The van der Waals surface area contributed by atoms with Gasteiger partial charge in [0.05, 0.1) is 10.9 Å². The van der Waals surface area contributed by atoms with Gasteiger partial charge in [-0.3, -0.25) is 0 Å². The summed E-state index contributed by atoms with van der Waals surface area (Å²) in [6.07, 6.45) is -1.98. The number of fused-ring (bicyclic) bond motifs is 2. The molecule has 0 bridgehead atoms. The standard InChI is InChI=1S/C26H26F3N9O/c1-14(2)38-24-20(21(35-38)16-4-5-19-18(11-16)34-25(30)39-19)23(32-13-33-24)37-8-6-36(7-9-37)22-15(3)10-17(12-31-22)26(27,28)29/h4-5,10-14H,6-9H2,1-3H3,(H2,30,34). The number of alkyl halides is 3. The van der Waals surface area contributed by atoms with Crippen LogP contribution in [-0.2, 0) is 6.18 Å². The first-order chi connectivity index (χ1) is 18.6. The highest BCUT2D eigenvalue weighted by atomic mass is 19.4. The van der Waals surface area contributed by atoms with E-state index in [0.717, 1.165) is 34.7 Å². The molecule has 202 valence electrons. The third-order valence-electron chi connectivity index (χ3n) is 6.89. The van der Waals surface area contributed by atoms with Crippen molar-refractivity contribution in [3.8, 4) is 11.3 Å². The molecule has 5 aromatic rings. The lowest BCUT2D eigenvalue weighted by Gasteiger charge is -2.37. The van der Waals surface area contributed by atoms with Crippen LogP contribution in [0, 0.1) is 6.92 Å². The maximum Gasteiger partial charge on any atom is 0.417 e. The van der Waals surface area contributed by atoms with Gasteiger partial charge in [-0.05, 0) is 50.6 Å². The maximum atomic E-state index is 13.1. The van der Waals surface area contributed by atoms with E-state index in [1.807, 2.05) is 41.6 Å². The summed E-state index contributed by atoms with van der Waals surface area (Å²) in [5.74, 6) is 1.31. The molecule has 1 saturated heterocycles. The molecule has 2 N–H and O–H groups in total. The Kier molecular flexibility index (Phi) is 5.81. The fourth-order valence-corrected chi connectivity index (χ4v) is 5.04. The minimum absolute atomic E-state index is 0.0565. The van der Waals surface area contributed by atoms with Gasteiger partial charge in [0.15, 0.2) is 11.2 Å². The minimum atomic E-state index is -4.42. The number of aryl methyl sites for hydroxylation is 1. The fraction of sp³-hybridized carbons (Fsp3) is 0.346. The number of anilines is 3. The molecule has 0 saturated carbocycles. The number of rotatable bonds is 4. The second kappa shape index (κ2) is 9.10. The molecule has 6 rings (SSSR count). The molecule has 0 atom stereocenters. The van der Waals surface area contributed by atoms with Crippen LogP contribution in [0.1, 0.15) is 31.0 Å². The quantitative estimate of drug-likeness (QED) is 0.344. The average Bonchev–Trinajstić information content (AvgIpc) is 3.48. The fourth-order valence-electron chi connectivity index (χ4n) is 5.04. The van der Waals surface area contributed by atoms with Gasteiger partial charge in [-0.25, -0.2) is 19.6 Å². The normalized spacial score (nSPS) is 14.7. The highest BCUT2D eigenvalue weighted by molar-refractivity contribution is 6.00. The van der Waals surface area contributed by atoms with Crippen LogP contribution in [-0.4, -0.2) is 55.9 Å². The van der Waals surface area contributed by atoms with Crippen molar-refractivity contribution in [1.82, 2.24) is 29.7 Å². The van der Waals surface area contributed by atoms with Crippen LogP contribution < -0.4 is 15.5 Å². The molecule has 0 amide bonds. The molecule has 1 aromatic carbocycles. The van der Waals surface area contributed by atoms with Gasteiger partial charge in [0, 0.05) is 44.0 Å². The van der Waals surface area contributed by atoms with Crippen molar-refractivity contribution in [3.05, 3.63) is 47.9 Å². The number of hydrogen-bond acceptors (Lipinski definition) is 9. The van der Waals surface area contributed by atoms with Crippen LogP contribution in [0.3, 0.4) is 0 Å². The van der Waals surface area contributed by atoms with E-state index >= 15 is 0 Å². The van der Waals surface area contributed by atoms with Crippen molar-refractivity contribution in [2.45, 2.75) is 33.0 Å². The molecule has 5 heterocycles. The van der Waals surface area contributed by atoms with Crippen molar-refractivity contribution < 1.29 is 17.6 Å². The molecule has 1 aliphatic rings. The molecule has 10 nitrogen and oxygen atoms in total. The van der Waals surface area contributed by atoms with E-state index in [2.05, 4.69) is 24.8 Å². The van der Waals surface area contributed by atoms with Crippen molar-refractivity contribution >= 4 is 39.8 Å². The van der Waals surface area contributed by atoms with E-state index in [-0.39, 0.29) is 12.1 Å². The smallest absolute Gasteiger partial charge is 0.417 e. The number of nitrogens with zero attached hydrogens (tertiary/aromatic N) is 8. The highest BCUT2D eigenvalue weighted by Crippen LogP contribution is 2.37. The number of pyridine rings is 1. The second-order valence-electron chi connectivity index (χ2n) is 9.85. The van der Waals surface area contributed by atoms with E-state index in [1.165, 1.54) is 6.33 Å². The number of piperazine rings is 1. The second-order valence-corrected chi connectivity index (χ2v) is 9.85. The minimum Gasteiger partial charge on any atom is -0.424 e. The van der Waals surface area contributed by atoms with Crippen molar-refractivity contribution in [1.29, 1.82) is 0 Å². The van der Waals surface area contributed by atoms with Gasteiger partial charge >= 0.3 is 6.18 Å². The Morgan fingerprint density at radius 1 is 0.974 bits per heavy atom. The molecule has 39 heavy (non-hydrogen) atoms. The molecular formula is C26H26F3N9O. The molecule has 0 aliphatic carbocycles. The first-order valence-corrected chi connectivity index (χ1v) is 12.5. The van der Waals surface area contributed by atoms with Crippen molar-refractivity contribution in [2.75, 3.05) is 41.7 Å². The Hall–Kier alpha value is -4.42. The predicted octanol–water partition coefficient (Wildman–Crippen LogP) is 4.85. The van der Waals surface area contributed by atoms with Gasteiger partial charge in [-0.2, -0.15) is 23.3 Å².